The Hall–Kier alpha value is -9.26. The number of aliphatic carboxylic acids is 1. The highest BCUT2D eigenvalue weighted by Crippen LogP contribution is 2.25. The van der Waals surface area contributed by atoms with Gasteiger partial charge in [-0.3, -0.25) is 33.9 Å². The normalized spacial score (nSPS) is 16.3. The zero-order chi connectivity index (χ0) is 96.2. The molecule has 4 fully saturated rings. The molecule has 10 atom stereocenters. The molecule has 0 radical (unpaired) electrons. The SMILES string of the molecule is CC(O)[C@H](CC(=O)OC(C)(C)C)C(=O)N1CCCCC1.CC(O)[C@H](CC(=O)OC(C)(C)C)C(=O)O.CC(O)[C@H](N)C(=O)N1CCCCC1.CC(O)[C@H](N)CN1CCCCC1.CC(O)[C@H](N)CN1CCCCC1.Cc1cc(C(=O)O)cc(Cl)n1.Cc1ccc(-c2cc(C(=O)O)cc(C)n2)cc1.Cc1ccc(-c2cc(C(=O)O)cc(C)n2)cc1.Cc1ccc(B(O)O)cc1. The summed E-state index contributed by atoms with van der Waals surface area (Å²) >= 11 is 5.52. The fourth-order valence-electron chi connectivity index (χ4n) is 12.9. The maximum absolute atomic E-state index is 12.4. The number of nitrogens with zero attached hydrogens (tertiary/aromatic N) is 7. The number of likely N-dealkylation sites (tertiary alicyclic amines) is 4. The summed E-state index contributed by atoms with van der Waals surface area (Å²) in [5, 5.41) is 99.3. The van der Waals surface area contributed by atoms with Crippen molar-refractivity contribution >= 4 is 71.8 Å². The van der Waals surface area contributed by atoms with E-state index in [-0.39, 0.29) is 70.8 Å². The van der Waals surface area contributed by atoms with Gasteiger partial charge in [0.15, 0.2) is 0 Å². The fraction of sp³-hybridized carbons (Fsp3) is 0.564. The number of rotatable bonds is 22. The molecule has 3 aromatic heterocycles. The van der Waals surface area contributed by atoms with Gasteiger partial charge >= 0.3 is 42.9 Å². The van der Waals surface area contributed by atoms with Crippen molar-refractivity contribution in [2.45, 2.75) is 267 Å². The fourth-order valence-corrected chi connectivity index (χ4v) is 13.2. The van der Waals surface area contributed by atoms with Crippen LogP contribution in [0.2, 0.25) is 5.15 Å². The summed E-state index contributed by atoms with van der Waals surface area (Å²) in [5.41, 5.74) is 25.8. The Morgan fingerprint density at radius 2 is 0.709 bits per heavy atom. The third-order valence-electron chi connectivity index (χ3n) is 20.3. The predicted octanol–water partition coefficient (Wildman–Crippen LogP) is 10.1. The number of carboxylic acids is 4. The minimum absolute atomic E-state index is 0.0652. The minimum Gasteiger partial charge on any atom is -0.481 e. The molecule has 7 heterocycles. The number of ether oxygens (including phenoxy) is 2. The predicted molar refractivity (Wildman–Crippen MR) is 493 cm³/mol. The molecule has 4 saturated heterocycles. The molecule has 17 N–H and O–H groups in total. The van der Waals surface area contributed by atoms with Gasteiger partial charge in [-0.2, -0.15) is 0 Å². The number of hydrogen-bond acceptors (Lipinski definition) is 25. The number of aliphatic hydroxyl groups is 5. The van der Waals surface area contributed by atoms with E-state index in [1.54, 1.807) is 136 Å². The van der Waals surface area contributed by atoms with Gasteiger partial charge in [-0.05, 0) is 250 Å². The van der Waals surface area contributed by atoms with E-state index in [4.69, 9.17) is 79.0 Å². The Kier molecular flexibility index (Phi) is 52.3. The number of amides is 2. The van der Waals surface area contributed by atoms with E-state index in [0.717, 1.165) is 114 Å². The van der Waals surface area contributed by atoms with Crippen LogP contribution in [0.3, 0.4) is 0 Å². The number of carboxylic acid groups (broad SMARTS) is 4. The van der Waals surface area contributed by atoms with Gasteiger partial charge in [0.1, 0.15) is 22.4 Å². The average Bonchev–Trinajstić information content (AvgIpc) is 0.836. The third kappa shape index (κ3) is 48.1. The first-order chi connectivity index (χ1) is 59.3. The smallest absolute Gasteiger partial charge is 0.481 e. The summed E-state index contributed by atoms with van der Waals surface area (Å²) < 4.78 is 10.2. The molecule has 2 amide bonds. The van der Waals surface area contributed by atoms with Crippen molar-refractivity contribution in [2.75, 3.05) is 65.4 Å². The zero-order valence-corrected chi connectivity index (χ0v) is 78.2. The number of carbonyl (C=O) groups is 8. The Bertz CT molecular complexity index is 4120. The van der Waals surface area contributed by atoms with Crippen LogP contribution in [0.15, 0.2) is 109 Å². The van der Waals surface area contributed by atoms with Crippen molar-refractivity contribution in [2.24, 2.45) is 29.0 Å². The number of piperidine rings is 4. The van der Waals surface area contributed by atoms with Crippen molar-refractivity contribution in [1.29, 1.82) is 0 Å². The van der Waals surface area contributed by atoms with Gasteiger partial charge in [-0.25, -0.2) is 19.4 Å². The molecule has 0 saturated carbocycles. The maximum Gasteiger partial charge on any atom is 0.488 e. The summed E-state index contributed by atoms with van der Waals surface area (Å²) in [6, 6.07) is 31.0. The number of aromatic carboxylic acids is 3. The molecular weight excluding hydrogens is 1650 g/mol. The lowest BCUT2D eigenvalue weighted by molar-refractivity contribution is -0.162. The number of esters is 2. The van der Waals surface area contributed by atoms with Gasteiger partial charge in [-0.1, -0.05) is 114 Å². The zero-order valence-electron chi connectivity index (χ0n) is 77.5. The van der Waals surface area contributed by atoms with Crippen molar-refractivity contribution in [3.8, 4) is 22.5 Å². The first-order valence-electron chi connectivity index (χ1n) is 43.5. The van der Waals surface area contributed by atoms with E-state index in [0.29, 0.717) is 33.9 Å². The second-order valence-electron chi connectivity index (χ2n) is 34.7. The number of aryl methyl sites for hydroxylation is 6. The van der Waals surface area contributed by atoms with Gasteiger partial charge in [0.05, 0.1) is 83.3 Å². The van der Waals surface area contributed by atoms with Gasteiger partial charge in [0, 0.05) is 79.6 Å². The molecule has 4 aliphatic heterocycles. The Balaban J connectivity index is 0.000000487. The van der Waals surface area contributed by atoms with E-state index in [2.05, 4.69) is 24.8 Å². The minimum atomic E-state index is -1.35. The van der Waals surface area contributed by atoms with Crippen LogP contribution in [0.4, 0.5) is 0 Å². The van der Waals surface area contributed by atoms with Crippen LogP contribution in [-0.2, 0) is 33.4 Å². The first-order valence-corrected chi connectivity index (χ1v) is 43.9. The van der Waals surface area contributed by atoms with Crippen LogP contribution in [0.25, 0.3) is 22.5 Å². The molecule has 33 heteroatoms. The van der Waals surface area contributed by atoms with Crippen LogP contribution in [0.5, 0.6) is 0 Å². The number of aromatic nitrogens is 3. The molecule has 6 aromatic rings. The molecule has 31 nitrogen and oxygen atoms in total. The molecule has 10 rings (SSSR count). The summed E-state index contributed by atoms with van der Waals surface area (Å²) in [6.07, 6.45) is 10.4. The second kappa shape index (κ2) is 58.3. The molecular formula is C94H144BClN10O21. The molecule has 3 aromatic carbocycles. The van der Waals surface area contributed by atoms with Crippen LogP contribution >= 0.6 is 11.6 Å². The van der Waals surface area contributed by atoms with Crippen molar-refractivity contribution in [1.82, 2.24) is 34.6 Å². The van der Waals surface area contributed by atoms with Gasteiger partial charge in [0.2, 0.25) is 11.8 Å². The molecule has 706 valence electrons. The lowest BCUT2D eigenvalue weighted by Crippen LogP contribution is -2.50. The Morgan fingerprint density at radius 3 is 0.992 bits per heavy atom. The number of halogens is 1. The van der Waals surface area contributed by atoms with Crippen molar-refractivity contribution in [3.63, 3.8) is 0 Å². The van der Waals surface area contributed by atoms with E-state index in [9.17, 15) is 53.7 Å². The molecule has 0 bridgehead atoms. The highest BCUT2D eigenvalue weighted by molar-refractivity contribution is 6.58. The van der Waals surface area contributed by atoms with E-state index < -0.39 is 90.3 Å². The molecule has 0 spiro atoms. The van der Waals surface area contributed by atoms with Gasteiger partial charge in [-0.15, -0.1) is 0 Å². The third-order valence-corrected chi connectivity index (χ3v) is 20.5. The first kappa shape index (κ1) is 114. The standard InChI is InChI=1S/C15H27NO4.2C14H13NO2.C10H18O5.C9H18N2O2.2C9H20N2O.C7H9BO2.C7H6ClNO2/c1-11(17)12(10-13(18)20-15(2,3)4)14(19)16-8-6-5-7-9-16;2*1-9-3-5-11(6-4-9)13-8-12(14(16)17)7-10(2)15-13;1-6(11)7(9(13)14)5-8(12)15-10(2,3)4;1-7(12)8(10)9(13)11-5-3-2-4-6-11;2*1-8(12)9(10)7-11-5-3-2-4-6-11;1-6-2-4-7(5-3-6)8(9)10;1-4-2-5(7(10)11)3-6(8)9-4/h11-12,17H,5-10H2,1-4H3;2*3-8H,1-2H3,(H,16,17);6-7,11H,5H2,1-4H3,(H,13,14);7-8,12H,2-6,10H2,1H3;2*8-9,12H,2-7,10H2,1H3;2-5,9-10H,1H3;2-3H,1H3,(H,10,11)/t11?,12-;;;6?,7-;7?,8-;2*8?,9-;;/m0..0011../s1. The highest BCUT2D eigenvalue weighted by Gasteiger charge is 2.34. The van der Waals surface area contributed by atoms with Crippen LogP contribution in [0, 0.1) is 53.4 Å². The highest BCUT2D eigenvalue weighted by atomic mass is 35.5. The second-order valence-corrected chi connectivity index (χ2v) is 35.1. The lowest BCUT2D eigenvalue weighted by Gasteiger charge is -2.31. The van der Waals surface area contributed by atoms with E-state index >= 15 is 0 Å². The summed E-state index contributed by atoms with van der Waals surface area (Å²) in [4.78, 5) is 111. The van der Waals surface area contributed by atoms with Crippen LogP contribution in [0.1, 0.15) is 231 Å². The Morgan fingerprint density at radius 1 is 0.409 bits per heavy atom. The average molecular weight is 1800 g/mol. The van der Waals surface area contributed by atoms with Gasteiger partial charge in [0.25, 0.3) is 0 Å². The summed E-state index contributed by atoms with van der Waals surface area (Å²) in [6.45, 7) is 39.0. The van der Waals surface area contributed by atoms with Crippen molar-refractivity contribution < 1.29 is 104 Å². The molecule has 0 aliphatic carbocycles. The molecule has 5 unspecified atom stereocenters. The van der Waals surface area contributed by atoms with E-state index in [1.807, 2.05) is 81.4 Å². The van der Waals surface area contributed by atoms with Crippen LogP contribution < -0.4 is 22.7 Å². The number of pyridine rings is 3. The largest absolute Gasteiger partial charge is 0.488 e. The number of carbonyl (C=O) groups excluding carboxylic acids is 4. The Labute approximate surface area is 755 Å². The summed E-state index contributed by atoms with van der Waals surface area (Å²) in [5.74, 6) is -7.16. The lowest BCUT2D eigenvalue weighted by atomic mass is 9.80. The maximum atomic E-state index is 12.4. The van der Waals surface area contributed by atoms with Crippen molar-refractivity contribution in [3.05, 3.63) is 165 Å². The summed E-state index contributed by atoms with van der Waals surface area (Å²) in [7, 11) is -1.35. The van der Waals surface area contributed by atoms with Gasteiger partial charge < -0.3 is 102 Å². The number of benzene rings is 3. The van der Waals surface area contributed by atoms with Crippen LogP contribution in [-0.4, -0.2) is 271 Å². The number of hydrogen-bond donors (Lipinski definition) is 14. The monoisotopic (exact) mass is 1800 g/mol. The topological polar surface area (TPSA) is 507 Å². The number of aliphatic hydroxyl groups excluding tert-OH is 5. The van der Waals surface area contributed by atoms with E-state index in [1.165, 1.54) is 75.1 Å². The number of nitrogens with two attached hydrogens (primary N) is 3. The molecule has 4 aliphatic rings. The quantitative estimate of drug-likeness (QED) is 0.0171. The molecule has 127 heavy (non-hydrogen) atoms.